The molecule has 0 aliphatic heterocycles. The van der Waals surface area contributed by atoms with Gasteiger partial charge in [-0.1, -0.05) is 39.0 Å². The molecule has 0 N–H and O–H groups in total. The summed E-state index contributed by atoms with van der Waals surface area (Å²) in [5, 5.41) is 0. The summed E-state index contributed by atoms with van der Waals surface area (Å²) in [5.74, 6) is 1.71. The third kappa shape index (κ3) is 8.19. The molecule has 0 aromatic rings. The van der Waals surface area contributed by atoms with Crippen LogP contribution in [0.2, 0.25) is 0 Å². The second-order valence-electron chi connectivity index (χ2n) is 8.31. The third-order valence-corrected chi connectivity index (χ3v) is 6.42. The Labute approximate surface area is 153 Å². The molecule has 0 aromatic carbocycles. The normalized spacial score (nSPS) is 30.2. The Morgan fingerprint density at radius 2 is 1.36 bits per heavy atom. The van der Waals surface area contributed by atoms with Gasteiger partial charge in [0.1, 0.15) is 0 Å². The van der Waals surface area contributed by atoms with E-state index in [1.165, 1.54) is 70.3 Å². The maximum atomic E-state index is 12.4. The predicted octanol–water partition coefficient (Wildman–Crippen LogP) is 7.51. The van der Waals surface area contributed by atoms with E-state index in [4.69, 9.17) is 4.74 Å². The van der Waals surface area contributed by atoms with E-state index in [1.807, 2.05) is 0 Å². The predicted molar refractivity (Wildman–Crippen MR) is 101 cm³/mol. The van der Waals surface area contributed by atoms with Gasteiger partial charge in [0.2, 0.25) is 0 Å². The molecule has 3 heteroatoms. The lowest BCUT2D eigenvalue weighted by Gasteiger charge is -2.37. The summed E-state index contributed by atoms with van der Waals surface area (Å²) < 4.78 is 30.8. The van der Waals surface area contributed by atoms with Crippen LogP contribution in [-0.2, 0) is 4.74 Å². The Hall–Kier alpha value is -0.440. The van der Waals surface area contributed by atoms with Crippen molar-refractivity contribution in [1.82, 2.24) is 0 Å². The molecule has 2 aliphatic rings. The molecule has 0 radical (unpaired) electrons. The molecule has 0 bridgehead atoms. The fourth-order valence-electron chi connectivity index (χ4n) is 4.82. The number of ether oxygens (including phenoxy) is 1. The summed E-state index contributed by atoms with van der Waals surface area (Å²) >= 11 is 0. The molecule has 0 atom stereocenters. The Balaban J connectivity index is 1.52. The van der Waals surface area contributed by atoms with Gasteiger partial charge in [0.25, 0.3) is 6.08 Å². The van der Waals surface area contributed by atoms with E-state index in [9.17, 15) is 8.78 Å². The SMILES string of the molecule is CCCCCCCCOC1CCC(C2CCC(C=C(F)F)CC2)CC1. The zero-order chi connectivity index (χ0) is 17.9. The first kappa shape index (κ1) is 20.9. The number of hydrogen-bond acceptors (Lipinski definition) is 1. The fraction of sp³-hybridized carbons (Fsp3) is 0.909. The van der Waals surface area contributed by atoms with Crippen LogP contribution < -0.4 is 0 Å². The number of hydrogen-bond donors (Lipinski definition) is 0. The zero-order valence-corrected chi connectivity index (χ0v) is 16.2. The topological polar surface area (TPSA) is 9.23 Å². The molecule has 146 valence electrons. The minimum atomic E-state index is -1.49. The van der Waals surface area contributed by atoms with Crippen molar-refractivity contribution < 1.29 is 13.5 Å². The summed E-state index contributed by atoms with van der Waals surface area (Å²) in [6.45, 7) is 3.19. The van der Waals surface area contributed by atoms with E-state index < -0.39 is 6.08 Å². The molecule has 0 unspecified atom stereocenters. The maximum Gasteiger partial charge on any atom is 0.266 e. The van der Waals surface area contributed by atoms with Gasteiger partial charge in [0, 0.05) is 6.61 Å². The van der Waals surface area contributed by atoms with Gasteiger partial charge in [0.15, 0.2) is 0 Å². The van der Waals surface area contributed by atoms with Crippen molar-refractivity contribution in [3.63, 3.8) is 0 Å². The van der Waals surface area contributed by atoms with Crippen molar-refractivity contribution in [3.8, 4) is 0 Å². The summed E-state index contributed by atoms with van der Waals surface area (Å²) in [7, 11) is 0. The molecular formula is C22H38F2O. The number of halogens is 2. The lowest BCUT2D eigenvalue weighted by molar-refractivity contribution is 0.00590. The van der Waals surface area contributed by atoms with Crippen molar-refractivity contribution in [2.45, 2.75) is 103 Å². The van der Waals surface area contributed by atoms with Crippen LogP contribution in [0.25, 0.3) is 0 Å². The van der Waals surface area contributed by atoms with Gasteiger partial charge in [-0.25, -0.2) is 0 Å². The van der Waals surface area contributed by atoms with Crippen LogP contribution in [0.1, 0.15) is 96.8 Å². The van der Waals surface area contributed by atoms with E-state index in [-0.39, 0.29) is 5.92 Å². The molecule has 0 heterocycles. The van der Waals surface area contributed by atoms with E-state index in [0.717, 1.165) is 44.1 Å². The average Bonchev–Trinajstić information content (AvgIpc) is 2.62. The van der Waals surface area contributed by atoms with Gasteiger partial charge in [-0.2, -0.15) is 8.78 Å². The smallest absolute Gasteiger partial charge is 0.266 e. The molecule has 2 aliphatic carbocycles. The van der Waals surface area contributed by atoms with Gasteiger partial charge in [-0.15, -0.1) is 0 Å². The molecule has 0 amide bonds. The van der Waals surface area contributed by atoms with Crippen LogP contribution in [0.15, 0.2) is 12.2 Å². The molecule has 1 nitrogen and oxygen atoms in total. The van der Waals surface area contributed by atoms with Crippen molar-refractivity contribution in [3.05, 3.63) is 12.2 Å². The number of rotatable bonds is 10. The van der Waals surface area contributed by atoms with Gasteiger partial charge in [-0.3, -0.25) is 0 Å². The molecule has 2 fully saturated rings. The summed E-state index contributed by atoms with van der Waals surface area (Å²) in [5.41, 5.74) is 0. The van der Waals surface area contributed by atoms with Crippen LogP contribution in [-0.4, -0.2) is 12.7 Å². The van der Waals surface area contributed by atoms with Crippen LogP contribution in [0, 0.1) is 17.8 Å². The third-order valence-electron chi connectivity index (χ3n) is 6.42. The summed E-state index contributed by atoms with van der Waals surface area (Å²) in [6.07, 6.45) is 17.3. The van der Waals surface area contributed by atoms with E-state index in [2.05, 4.69) is 6.92 Å². The quantitative estimate of drug-likeness (QED) is 0.368. The minimum absolute atomic E-state index is 0.123. The zero-order valence-electron chi connectivity index (χ0n) is 16.2. The first-order valence-electron chi connectivity index (χ1n) is 10.8. The van der Waals surface area contributed by atoms with E-state index in [0.29, 0.717) is 6.10 Å². The van der Waals surface area contributed by atoms with E-state index >= 15 is 0 Å². The molecule has 0 spiro atoms. The highest BCUT2D eigenvalue weighted by Crippen LogP contribution is 2.41. The second-order valence-corrected chi connectivity index (χ2v) is 8.31. The highest BCUT2D eigenvalue weighted by molar-refractivity contribution is 4.92. The molecule has 2 saturated carbocycles. The fourth-order valence-corrected chi connectivity index (χ4v) is 4.82. The highest BCUT2D eigenvalue weighted by atomic mass is 19.3. The largest absolute Gasteiger partial charge is 0.378 e. The first-order valence-corrected chi connectivity index (χ1v) is 10.8. The lowest BCUT2D eigenvalue weighted by Crippen LogP contribution is -2.28. The Morgan fingerprint density at radius 3 is 1.96 bits per heavy atom. The van der Waals surface area contributed by atoms with Crippen molar-refractivity contribution in [2.75, 3.05) is 6.61 Å². The summed E-state index contributed by atoms with van der Waals surface area (Å²) in [4.78, 5) is 0. The van der Waals surface area contributed by atoms with Crippen LogP contribution in [0.4, 0.5) is 8.78 Å². The second kappa shape index (κ2) is 12.0. The number of unbranched alkanes of at least 4 members (excludes halogenated alkanes) is 5. The Kier molecular flexibility index (Phi) is 10.0. The molecule has 0 saturated heterocycles. The Morgan fingerprint density at radius 1 is 0.800 bits per heavy atom. The van der Waals surface area contributed by atoms with Gasteiger partial charge >= 0.3 is 0 Å². The van der Waals surface area contributed by atoms with Crippen molar-refractivity contribution in [1.29, 1.82) is 0 Å². The van der Waals surface area contributed by atoms with Gasteiger partial charge in [-0.05, 0) is 81.6 Å². The van der Waals surface area contributed by atoms with Gasteiger partial charge < -0.3 is 4.74 Å². The molecule has 2 rings (SSSR count). The van der Waals surface area contributed by atoms with E-state index in [1.54, 1.807) is 0 Å². The van der Waals surface area contributed by atoms with Crippen molar-refractivity contribution >= 4 is 0 Å². The number of allylic oxidation sites excluding steroid dienone is 1. The monoisotopic (exact) mass is 356 g/mol. The van der Waals surface area contributed by atoms with Crippen LogP contribution in [0.3, 0.4) is 0 Å². The van der Waals surface area contributed by atoms with Gasteiger partial charge in [0.05, 0.1) is 6.10 Å². The average molecular weight is 357 g/mol. The maximum absolute atomic E-state index is 12.4. The van der Waals surface area contributed by atoms with Crippen LogP contribution >= 0.6 is 0 Å². The summed E-state index contributed by atoms with van der Waals surface area (Å²) in [6, 6.07) is 0. The molecular weight excluding hydrogens is 318 g/mol. The minimum Gasteiger partial charge on any atom is -0.378 e. The Bertz CT molecular complexity index is 362. The highest BCUT2D eigenvalue weighted by Gasteiger charge is 2.30. The molecule has 25 heavy (non-hydrogen) atoms. The van der Waals surface area contributed by atoms with Crippen molar-refractivity contribution in [2.24, 2.45) is 17.8 Å². The molecule has 0 aromatic heterocycles. The standard InChI is InChI=1S/C22H38F2O/c1-2-3-4-5-6-7-16-25-21-14-12-20(13-15-21)19-10-8-18(9-11-19)17-22(23)24/h17-21H,2-16H2,1H3. The van der Waals surface area contributed by atoms with Crippen LogP contribution in [0.5, 0.6) is 0 Å². The lowest BCUT2D eigenvalue weighted by atomic mass is 9.70. The first-order chi connectivity index (χ1) is 12.2.